The molecule has 11 aromatic rings. The van der Waals surface area contributed by atoms with Crippen LogP contribution in [-0.4, -0.2) is 0 Å². The molecule has 0 unspecified atom stereocenters. The van der Waals surface area contributed by atoms with Gasteiger partial charge in [0.15, 0.2) is 0 Å². The number of hydrogen-bond acceptors (Lipinski definition) is 4. The fraction of sp³-hybridized carbons (Fsp3) is 0.308. The van der Waals surface area contributed by atoms with Gasteiger partial charge in [-0.15, -0.1) is 0 Å². The van der Waals surface area contributed by atoms with Gasteiger partial charge in [-0.2, -0.15) is 0 Å². The van der Waals surface area contributed by atoms with Crippen LogP contribution in [-0.2, 0) is 32.5 Å². The highest BCUT2D eigenvalue weighted by atomic mass is 16.3. The number of para-hydroxylation sites is 4. The van der Waals surface area contributed by atoms with E-state index in [4.69, 9.17) is 8.83 Å². The third kappa shape index (κ3) is 6.13. The van der Waals surface area contributed by atoms with Gasteiger partial charge in [0.25, 0.3) is 0 Å². The van der Waals surface area contributed by atoms with Gasteiger partial charge in [0, 0.05) is 55.5 Å². The molecule has 0 radical (unpaired) electrons. The monoisotopic (exact) mass is 1070 g/mol. The van der Waals surface area contributed by atoms with Gasteiger partial charge in [0.2, 0.25) is 0 Å². The maximum atomic E-state index is 7.34. The first-order chi connectivity index (χ1) is 38.7. The first kappa shape index (κ1) is 51.1. The Balaban J connectivity index is 0.963. The van der Waals surface area contributed by atoms with Gasteiger partial charge in [-0.1, -0.05) is 196 Å². The van der Waals surface area contributed by atoms with Gasteiger partial charge in [0.1, 0.15) is 22.3 Å². The second-order valence-electron chi connectivity index (χ2n) is 29.0. The molecule has 0 N–H and O–H groups in total. The van der Waals surface area contributed by atoms with Crippen molar-refractivity contribution < 1.29 is 8.83 Å². The Labute approximate surface area is 484 Å². The van der Waals surface area contributed by atoms with Gasteiger partial charge in [-0.3, -0.25) is 0 Å². The Bertz CT molecular complexity index is 4280. The number of rotatable bonds is 6. The quantitative estimate of drug-likeness (QED) is 0.166. The second kappa shape index (κ2) is 16.0. The van der Waals surface area contributed by atoms with Crippen molar-refractivity contribution in [3.8, 4) is 22.3 Å². The SMILES string of the molecule is CC1(C)c2cc3c(cc2-c2c1cc(N(c1ccccc1)c1ccc4c(c1)C(C)(C)C(C)(C)C4(C)C)c1c2oc2ccccc21)C(C)(C)c1cc(N(c2ccccc2)c2ccc4c(c2)C(C)(C)C(C)(C)C4(C)C)c2c(oc4ccccc42)c1-3. The average Bonchev–Trinajstić information content (AvgIpc) is 1.79. The summed E-state index contributed by atoms with van der Waals surface area (Å²) in [6.45, 7) is 39.0. The van der Waals surface area contributed by atoms with Crippen LogP contribution in [0.15, 0.2) is 179 Å². The van der Waals surface area contributed by atoms with E-state index in [-0.39, 0.29) is 32.5 Å². The van der Waals surface area contributed by atoms with Crippen molar-refractivity contribution in [3.05, 3.63) is 214 Å². The second-order valence-corrected chi connectivity index (χ2v) is 29.0. The number of hydrogen-bond donors (Lipinski definition) is 0. The van der Waals surface area contributed by atoms with E-state index in [2.05, 4.69) is 290 Å². The Morgan fingerprint density at radius 2 is 0.634 bits per heavy atom. The maximum absolute atomic E-state index is 7.34. The summed E-state index contributed by atoms with van der Waals surface area (Å²) in [6.07, 6.45) is 0. The predicted molar refractivity (Wildman–Crippen MR) is 345 cm³/mol. The van der Waals surface area contributed by atoms with E-state index in [0.29, 0.717) is 0 Å². The lowest BCUT2D eigenvalue weighted by Crippen LogP contribution is -2.42. The lowest BCUT2D eigenvalue weighted by molar-refractivity contribution is 0.125. The van der Waals surface area contributed by atoms with Gasteiger partial charge in [-0.05, 0) is 173 Å². The Morgan fingerprint density at radius 3 is 1.01 bits per heavy atom. The Kier molecular flexibility index (Phi) is 9.99. The highest BCUT2D eigenvalue weighted by Crippen LogP contribution is 2.66. The topological polar surface area (TPSA) is 32.8 Å². The molecule has 82 heavy (non-hydrogen) atoms. The third-order valence-corrected chi connectivity index (χ3v) is 23.6. The zero-order valence-corrected chi connectivity index (χ0v) is 50.9. The molecule has 2 aromatic heterocycles. The molecular weight excluding hydrogens is 997 g/mol. The highest BCUT2D eigenvalue weighted by Gasteiger charge is 2.58. The van der Waals surface area contributed by atoms with E-state index < -0.39 is 10.8 Å². The number of nitrogens with zero attached hydrogens (tertiary/aromatic N) is 2. The van der Waals surface area contributed by atoms with E-state index >= 15 is 0 Å². The molecule has 4 nitrogen and oxygen atoms in total. The van der Waals surface area contributed by atoms with Crippen LogP contribution in [0.25, 0.3) is 66.1 Å². The molecule has 0 amide bonds. The standard InChI is InChI=1S/C78H76N2O2/c1-71(2)55-41-52-56(42-51(55)65-59(71)43-61(67-49-31-23-25-33-63(49)81-69(65)67)79(45-27-19-17-20-28-45)47-35-37-53-57(39-47)75(9,10)77(13,14)73(53,5)6)72(3,4)60-44-62(68-50-32-24-26-34-64(50)82-70(68)66(52)60)80(46-29-21-18-22-30-46)48-36-38-54-58(40-48)76(11,12)78(15,16)74(54,7)8/h17-44H,1-16H3. The molecule has 410 valence electrons. The average molecular weight is 1070 g/mol. The molecule has 4 aliphatic carbocycles. The van der Waals surface area contributed by atoms with E-state index in [1.165, 1.54) is 66.8 Å². The Hall–Kier alpha value is -7.82. The summed E-state index contributed by atoms with van der Waals surface area (Å²) in [5.74, 6) is 0. The van der Waals surface area contributed by atoms with Gasteiger partial charge < -0.3 is 18.6 Å². The highest BCUT2D eigenvalue weighted by molar-refractivity contribution is 6.21. The van der Waals surface area contributed by atoms with Crippen LogP contribution in [0.3, 0.4) is 0 Å². The molecule has 0 atom stereocenters. The lowest BCUT2D eigenvalue weighted by atomic mass is 9.59. The Morgan fingerprint density at radius 1 is 0.293 bits per heavy atom. The van der Waals surface area contributed by atoms with Crippen LogP contribution >= 0.6 is 0 Å². The summed E-state index contributed by atoms with van der Waals surface area (Å²) in [5, 5.41) is 4.48. The summed E-state index contributed by atoms with van der Waals surface area (Å²) >= 11 is 0. The van der Waals surface area contributed by atoms with E-state index in [0.717, 1.165) is 78.0 Å². The summed E-state index contributed by atoms with van der Waals surface area (Å²) < 4.78 is 14.7. The molecular formula is C78H76N2O2. The molecule has 15 rings (SSSR count). The smallest absolute Gasteiger partial charge is 0.145 e. The molecule has 0 saturated carbocycles. The fourth-order valence-corrected chi connectivity index (χ4v) is 16.4. The molecule has 0 aliphatic heterocycles. The van der Waals surface area contributed by atoms with Crippen molar-refractivity contribution in [1.29, 1.82) is 0 Å². The molecule has 4 aliphatic rings. The summed E-state index contributed by atoms with van der Waals surface area (Å²) in [4.78, 5) is 5.02. The van der Waals surface area contributed by atoms with Crippen LogP contribution in [0.5, 0.6) is 0 Å². The van der Waals surface area contributed by atoms with E-state index in [1.807, 2.05) is 0 Å². The van der Waals surface area contributed by atoms with Crippen molar-refractivity contribution in [2.75, 3.05) is 9.80 Å². The van der Waals surface area contributed by atoms with Gasteiger partial charge in [0.05, 0.1) is 22.1 Å². The number of fused-ring (bicyclic) bond motifs is 16. The lowest BCUT2D eigenvalue weighted by Gasteiger charge is -2.44. The number of benzene rings is 9. The zero-order valence-electron chi connectivity index (χ0n) is 50.9. The number of furan rings is 2. The zero-order chi connectivity index (χ0) is 57.4. The van der Waals surface area contributed by atoms with E-state index in [1.54, 1.807) is 0 Å². The molecule has 0 spiro atoms. The minimum Gasteiger partial charge on any atom is -0.455 e. The number of anilines is 6. The molecule has 9 aromatic carbocycles. The summed E-state index contributed by atoms with van der Waals surface area (Å²) in [6, 6.07) is 64.0. The minimum absolute atomic E-state index is 0.00873. The van der Waals surface area contributed by atoms with Crippen molar-refractivity contribution in [1.82, 2.24) is 0 Å². The first-order valence-electron chi connectivity index (χ1n) is 29.9. The van der Waals surface area contributed by atoms with Crippen LogP contribution in [0.4, 0.5) is 34.1 Å². The van der Waals surface area contributed by atoms with Gasteiger partial charge in [-0.25, -0.2) is 0 Å². The molecule has 0 fully saturated rings. The van der Waals surface area contributed by atoms with Crippen molar-refractivity contribution in [2.24, 2.45) is 10.8 Å². The minimum atomic E-state index is -0.410. The van der Waals surface area contributed by atoms with Crippen LogP contribution in [0.1, 0.15) is 155 Å². The van der Waals surface area contributed by atoms with Crippen molar-refractivity contribution >= 4 is 78.0 Å². The molecule has 0 saturated heterocycles. The normalized spacial score (nSPS) is 19.0. The van der Waals surface area contributed by atoms with Crippen LogP contribution in [0.2, 0.25) is 0 Å². The summed E-state index contributed by atoms with van der Waals surface area (Å²) in [5.41, 5.74) is 25.2. The molecule has 2 heterocycles. The van der Waals surface area contributed by atoms with Crippen molar-refractivity contribution in [2.45, 2.75) is 143 Å². The predicted octanol–water partition coefficient (Wildman–Crippen LogP) is 22.2. The van der Waals surface area contributed by atoms with Crippen LogP contribution in [0, 0.1) is 10.8 Å². The van der Waals surface area contributed by atoms with Crippen molar-refractivity contribution in [3.63, 3.8) is 0 Å². The largest absolute Gasteiger partial charge is 0.455 e. The maximum Gasteiger partial charge on any atom is 0.145 e. The fourth-order valence-electron chi connectivity index (χ4n) is 16.4. The third-order valence-electron chi connectivity index (χ3n) is 23.6. The van der Waals surface area contributed by atoms with Crippen LogP contribution < -0.4 is 9.80 Å². The molecule has 4 heteroatoms. The van der Waals surface area contributed by atoms with Gasteiger partial charge >= 0.3 is 0 Å². The van der Waals surface area contributed by atoms with E-state index in [9.17, 15) is 0 Å². The molecule has 0 bridgehead atoms. The first-order valence-corrected chi connectivity index (χ1v) is 29.9. The summed E-state index contributed by atoms with van der Waals surface area (Å²) in [7, 11) is 0.